The summed E-state index contributed by atoms with van der Waals surface area (Å²) in [6, 6.07) is 6.07. The quantitative estimate of drug-likeness (QED) is 0.691. The summed E-state index contributed by atoms with van der Waals surface area (Å²) in [4.78, 5) is 10.0. The van der Waals surface area contributed by atoms with Gasteiger partial charge in [0.05, 0.1) is 8.67 Å². The predicted octanol–water partition coefficient (Wildman–Crippen LogP) is 5.22. The minimum Gasteiger partial charge on any atom is -0.346 e. The molecule has 4 heterocycles. The van der Waals surface area contributed by atoms with E-state index in [1.807, 2.05) is 18.3 Å². The molecule has 0 aromatic carbocycles. The molecule has 23 heavy (non-hydrogen) atoms. The molecular formula is C17H15Cl2N3S. The highest BCUT2D eigenvalue weighted by molar-refractivity contribution is 7.20. The van der Waals surface area contributed by atoms with Crippen LogP contribution in [-0.2, 0) is 6.54 Å². The Morgan fingerprint density at radius 1 is 1.35 bits per heavy atom. The fraction of sp³-hybridized carbons (Fsp3) is 0.235. The Morgan fingerprint density at radius 3 is 3.00 bits per heavy atom. The topological polar surface area (TPSA) is 31.9 Å². The lowest BCUT2D eigenvalue weighted by Crippen LogP contribution is -2.27. The summed E-state index contributed by atoms with van der Waals surface area (Å²) in [7, 11) is 0. The van der Waals surface area contributed by atoms with E-state index in [1.165, 1.54) is 27.9 Å². The fourth-order valence-corrected chi connectivity index (χ4v) is 4.52. The minimum atomic E-state index is 0.754. The van der Waals surface area contributed by atoms with Crippen molar-refractivity contribution in [1.82, 2.24) is 14.9 Å². The summed E-state index contributed by atoms with van der Waals surface area (Å²) in [5.41, 5.74) is 4.72. The maximum Gasteiger partial charge on any atom is 0.137 e. The fourth-order valence-electron chi connectivity index (χ4n) is 3.04. The lowest BCUT2D eigenvalue weighted by atomic mass is 9.99. The molecule has 0 aliphatic carbocycles. The van der Waals surface area contributed by atoms with Crippen LogP contribution >= 0.6 is 34.5 Å². The standard InChI is InChI=1S/C17H15Cl2N3S/c18-15-8-12(16(19)23-15)10-22-6-3-11(4-7-22)14-9-21-17-13(14)2-1-5-20-17/h1-3,5,8-9H,4,6-7,10H2,(H,20,21). The Balaban J connectivity index is 1.52. The number of aromatic amines is 1. The number of hydrogen-bond acceptors (Lipinski definition) is 3. The molecule has 0 radical (unpaired) electrons. The number of pyridine rings is 1. The molecule has 6 heteroatoms. The van der Waals surface area contributed by atoms with Crippen molar-refractivity contribution in [2.75, 3.05) is 13.1 Å². The number of nitrogens with one attached hydrogen (secondary N) is 1. The van der Waals surface area contributed by atoms with Crippen molar-refractivity contribution in [2.24, 2.45) is 0 Å². The SMILES string of the molecule is Clc1cc(CN2CC=C(c3c[nH]c4ncccc34)CC2)c(Cl)s1. The Labute approximate surface area is 148 Å². The van der Waals surface area contributed by atoms with Crippen molar-refractivity contribution in [1.29, 1.82) is 0 Å². The lowest BCUT2D eigenvalue weighted by molar-refractivity contribution is 0.294. The molecule has 0 unspecified atom stereocenters. The summed E-state index contributed by atoms with van der Waals surface area (Å²) >= 11 is 13.7. The van der Waals surface area contributed by atoms with Crippen LogP contribution in [0.15, 0.2) is 36.7 Å². The zero-order valence-electron chi connectivity index (χ0n) is 12.4. The van der Waals surface area contributed by atoms with Gasteiger partial charge >= 0.3 is 0 Å². The average molecular weight is 364 g/mol. The molecule has 0 fully saturated rings. The minimum absolute atomic E-state index is 0.754. The van der Waals surface area contributed by atoms with Gasteiger partial charge in [0.15, 0.2) is 0 Å². The molecule has 4 rings (SSSR count). The largest absolute Gasteiger partial charge is 0.346 e. The van der Waals surface area contributed by atoms with Crippen LogP contribution in [0.5, 0.6) is 0 Å². The molecule has 3 aromatic rings. The van der Waals surface area contributed by atoms with Gasteiger partial charge in [0.25, 0.3) is 0 Å². The molecule has 1 aliphatic heterocycles. The van der Waals surface area contributed by atoms with Crippen LogP contribution in [-0.4, -0.2) is 28.0 Å². The molecule has 0 atom stereocenters. The van der Waals surface area contributed by atoms with Crippen molar-refractivity contribution in [3.63, 3.8) is 0 Å². The first-order valence-corrected chi connectivity index (χ1v) is 9.05. The zero-order valence-corrected chi connectivity index (χ0v) is 14.7. The second-order valence-electron chi connectivity index (χ2n) is 5.67. The number of nitrogens with zero attached hydrogens (tertiary/aromatic N) is 2. The van der Waals surface area contributed by atoms with Crippen LogP contribution in [0.4, 0.5) is 0 Å². The predicted molar refractivity (Wildman–Crippen MR) is 98.3 cm³/mol. The van der Waals surface area contributed by atoms with Crippen LogP contribution < -0.4 is 0 Å². The monoisotopic (exact) mass is 363 g/mol. The molecule has 3 aromatic heterocycles. The molecule has 1 aliphatic rings. The highest BCUT2D eigenvalue weighted by Crippen LogP contribution is 2.33. The van der Waals surface area contributed by atoms with Gasteiger partial charge in [0.1, 0.15) is 5.65 Å². The normalized spacial score (nSPS) is 16.0. The van der Waals surface area contributed by atoms with E-state index in [9.17, 15) is 0 Å². The van der Waals surface area contributed by atoms with Crippen LogP contribution in [0.3, 0.4) is 0 Å². The number of H-pyrrole nitrogens is 1. The lowest BCUT2D eigenvalue weighted by Gasteiger charge is -2.26. The average Bonchev–Trinajstić information content (AvgIpc) is 3.12. The number of halogens is 2. The maximum atomic E-state index is 6.22. The first-order chi connectivity index (χ1) is 11.2. The van der Waals surface area contributed by atoms with Crippen molar-refractivity contribution < 1.29 is 0 Å². The van der Waals surface area contributed by atoms with E-state index >= 15 is 0 Å². The third-order valence-electron chi connectivity index (χ3n) is 4.21. The molecule has 0 saturated carbocycles. The number of rotatable bonds is 3. The van der Waals surface area contributed by atoms with Crippen LogP contribution in [0.2, 0.25) is 8.67 Å². The summed E-state index contributed by atoms with van der Waals surface area (Å²) in [6.07, 6.45) is 7.21. The summed E-state index contributed by atoms with van der Waals surface area (Å²) in [6.45, 7) is 2.79. The summed E-state index contributed by atoms with van der Waals surface area (Å²) in [5.74, 6) is 0. The second-order valence-corrected chi connectivity index (χ2v) is 7.95. The third-order valence-corrected chi connectivity index (χ3v) is 5.78. The van der Waals surface area contributed by atoms with Gasteiger partial charge in [-0.15, -0.1) is 11.3 Å². The van der Waals surface area contributed by atoms with Crippen molar-refractivity contribution >= 4 is 51.1 Å². The van der Waals surface area contributed by atoms with Gasteiger partial charge in [-0.05, 0) is 35.8 Å². The first-order valence-electron chi connectivity index (χ1n) is 7.48. The van der Waals surface area contributed by atoms with Gasteiger partial charge < -0.3 is 4.98 Å². The number of thiophene rings is 1. The second kappa shape index (κ2) is 6.29. The van der Waals surface area contributed by atoms with E-state index in [-0.39, 0.29) is 0 Å². The van der Waals surface area contributed by atoms with E-state index < -0.39 is 0 Å². The van der Waals surface area contributed by atoms with E-state index in [0.717, 1.165) is 45.9 Å². The van der Waals surface area contributed by atoms with Gasteiger partial charge in [-0.3, -0.25) is 4.90 Å². The number of aromatic nitrogens is 2. The van der Waals surface area contributed by atoms with E-state index in [1.54, 1.807) is 0 Å². The van der Waals surface area contributed by atoms with Gasteiger partial charge in [0.2, 0.25) is 0 Å². The summed E-state index contributed by atoms with van der Waals surface area (Å²) < 4.78 is 1.55. The van der Waals surface area contributed by atoms with E-state index in [2.05, 4.69) is 33.2 Å². The molecular weight excluding hydrogens is 349 g/mol. The third kappa shape index (κ3) is 3.04. The molecule has 0 saturated heterocycles. The molecule has 0 bridgehead atoms. The van der Waals surface area contributed by atoms with Crippen molar-refractivity contribution in [3.05, 3.63) is 56.5 Å². The maximum absolute atomic E-state index is 6.22. The molecule has 3 nitrogen and oxygen atoms in total. The number of fused-ring (bicyclic) bond motifs is 1. The molecule has 118 valence electrons. The van der Waals surface area contributed by atoms with E-state index in [4.69, 9.17) is 23.2 Å². The first kappa shape index (κ1) is 15.2. The Morgan fingerprint density at radius 2 is 2.26 bits per heavy atom. The van der Waals surface area contributed by atoms with Crippen LogP contribution in [0, 0.1) is 0 Å². The van der Waals surface area contributed by atoms with Crippen LogP contribution in [0.1, 0.15) is 17.5 Å². The zero-order chi connectivity index (χ0) is 15.8. The van der Waals surface area contributed by atoms with Gasteiger partial charge in [-0.2, -0.15) is 0 Å². The van der Waals surface area contributed by atoms with Crippen molar-refractivity contribution in [2.45, 2.75) is 13.0 Å². The van der Waals surface area contributed by atoms with Gasteiger partial charge in [-0.1, -0.05) is 29.3 Å². The Hall–Kier alpha value is -1.33. The number of hydrogen-bond donors (Lipinski definition) is 1. The molecule has 0 spiro atoms. The van der Waals surface area contributed by atoms with E-state index in [0.29, 0.717) is 0 Å². The Kier molecular flexibility index (Phi) is 4.16. The Bertz CT molecular complexity index is 881. The highest BCUT2D eigenvalue weighted by Gasteiger charge is 2.17. The van der Waals surface area contributed by atoms with Gasteiger partial charge in [0, 0.05) is 43.0 Å². The van der Waals surface area contributed by atoms with Crippen molar-refractivity contribution in [3.8, 4) is 0 Å². The molecule has 0 amide bonds. The highest BCUT2D eigenvalue weighted by atomic mass is 35.5. The molecule has 1 N–H and O–H groups in total. The van der Waals surface area contributed by atoms with Crippen LogP contribution in [0.25, 0.3) is 16.6 Å². The van der Waals surface area contributed by atoms with Gasteiger partial charge in [-0.25, -0.2) is 4.98 Å². The summed E-state index contributed by atoms with van der Waals surface area (Å²) in [5, 5.41) is 1.19. The smallest absolute Gasteiger partial charge is 0.137 e.